The van der Waals surface area contributed by atoms with Crippen molar-refractivity contribution in [2.24, 2.45) is 17.6 Å². The molecule has 0 saturated heterocycles. The van der Waals surface area contributed by atoms with Crippen LogP contribution in [0.25, 0.3) is 0 Å². The van der Waals surface area contributed by atoms with Crippen molar-refractivity contribution in [3.8, 4) is 0 Å². The van der Waals surface area contributed by atoms with Gasteiger partial charge in [0.25, 0.3) is 0 Å². The van der Waals surface area contributed by atoms with E-state index in [2.05, 4.69) is 29.4 Å². The minimum absolute atomic E-state index is 0.0121. The molecule has 6 heteroatoms. The van der Waals surface area contributed by atoms with Crippen LogP contribution in [0.4, 0.5) is 5.13 Å². The molecule has 2 atom stereocenters. The molecule has 5 nitrogen and oxygen atoms in total. The molecule has 1 amide bonds. The van der Waals surface area contributed by atoms with E-state index >= 15 is 0 Å². The van der Waals surface area contributed by atoms with E-state index in [0.29, 0.717) is 11.0 Å². The molecule has 1 aliphatic carbocycles. The van der Waals surface area contributed by atoms with Crippen molar-refractivity contribution < 1.29 is 4.79 Å². The fourth-order valence-corrected chi connectivity index (χ4v) is 3.67. The Hall–Kier alpha value is -1.01. The van der Waals surface area contributed by atoms with Crippen LogP contribution in [0.15, 0.2) is 0 Å². The van der Waals surface area contributed by atoms with Crippen molar-refractivity contribution in [3.63, 3.8) is 0 Å². The maximum atomic E-state index is 12.4. The highest BCUT2D eigenvalue weighted by Gasteiger charge is 2.38. The minimum atomic E-state index is -0.409. The Balaban J connectivity index is 1.98. The number of nitrogens with one attached hydrogen (secondary N) is 1. The minimum Gasteiger partial charge on any atom is -0.325 e. The molecular formula is C14H24N4OS. The standard InChI is InChI=1S/C14H24N4OS/c1-9(2)8-11-17-18-13(20-11)16-12(19)10-6-4-5-7-14(10,3)15/h9-10H,4-8,15H2,1-3H3,(H,16,18,19). The molecule has 0 spiro atoms. The summed E-state index contributed by atoms with van der Waals surface area (Å²) < 4.78 is 0. The normalized spacial score (nSPS) is 26.8. The fraction of sp³-hybridized carbons (Fsp3) is 0.786. The highest BCUT2D eigenvalue weighted by atomic mass is 32.1. The third kappa shape index (κ3) is 3.76. The zero-order valence-electron chi connectivity index (χ0n) is 12.5. The van der Waals surface area contributed by atoms with Crippen molar-refractivity contribution in [1.29, 1.82) is 0 Å². The SMILES string of the molecule is CC(C)Cc1nnc(NC(=O)C2CCCCC2(C)N)s1. The Morgan fingerprint density at radius 3 is 2.90 bits per heavy atom. The maximum Gasteiger partial charge on any atom is 0.231 e. The molecule has 112 valence electrons. The van der Waals surface area contributed by atoms with Gasteiger partial charge in [-0.05, 0) is 25.7 Å². The van der Waals surface area contributed by atoms with Crippen LogP contribution in [0.1, 0.15) is 51.5 Å². The average molecular weight is 296 g/mol. The van der Waals surface area contributed by atoms with Crippen LogP contribution in [0.5, 0.6) is 0 Å². The molecule has 1 heterocycles. The molecule has 1 aromatic heterocycles. The summed E-state index contributed by atoms with van der Waals surface area (Å²) in [6, 6.07) is 0. The van der Waals surface area contributed by atoms with Gasteiger partial charge in [-0.1, -0.05) is 38.0 Å². The van der Waals surface area contributed by atoms with Gasteiger partial charge in [-0.3, -0.25) is 4.79 Å². The van der Waals surface area contributed by atoms with E-state index in [4.69, 9.17) is 5.73 Å². The smallest absolute Gasteiger partial charge is 0.231 e. The fourth-order valence-electron chi connectivity index (χ4n) is 2.72. The topological polar surface area (TPSA) is 80.9 Å². The highest BCUT2D eigenvalue weighted by Crippen LogP contribution is 2.32. The van der Waals surface area contributed by atoms with E-state index in [0.717, 1.165) is 37.1 Å². The third-order valence-electron chi connectivity index (χ3n) is 3.85. The van der Waals surface area contributed by atoms with Gasteiger partial charge in [0.2, 0.25) is 11.0 Å². The Morgan fingerprint density at radius 2 is 2.25 bits per heavy atom. The van der Waals surface area contributed by atoms with E-state index in [9.17, 15) is 4.79 Å². The number of nitrogens with zero attached hydrogens (tertiary/aromatic N) is 2. The van der Waals surface area contributed by atoms with Crippen molar-refractivity contribution >= 4 is 22.4 Å². The summed E-state index contributed by atoms with van der Waals surface area (Å²) >= 11 is 1.46. The number of carbonyl (C=O) groups is 1. The average Bonchev–Trinajstić information content (AvgIpc) is 2.74. The van der Waals surface area contributed by atoms with Crippen molar-refractivity contribution in [3.05, 3.63) is 5.01 Å². The predicted molar refractivity (Wildman–Crippen MR) is 81.6 cm³/mol. The molecule has 1 aromatic rings. The first-order chi connectivity index (χ1) is 9.38. The van der Waals surface area contributed by atoms with Crippen LogP contribution in [-0.2, 0) is 11.2 Å². The lowest BCUT2D eigenvalue weighted by atomic mass is 9.74. The number of anilines is 1. The van der Waals surface area contributed by atoms with Crippen LogP contribution in [0, 0.1) is 11.8 Å². The summed E-state index contributed by atoms with van der Waals surface area (Å²) in [4.78, 5) is 12.4. The molecule has 0 bridgehead atoms. The van der Waals surface area contributed by atoms with Gasteiger partial charge in [-0.2, -0.15) is 0 Å². The van der Waals surface area contributed by atoms with E-state index < -0.39 is 5.54 Å². The van der Waals surface area contributed by atoms with Gasteiger partial charge in [-0.15, -0.1) is 10.2 Å². The van der Waals surface area contributed by atoms with Crippen molar-refractivity contribution in [2.45, 2.75) is 58.4 Å². The lowest BCUT2D eigenvalue weighted by molar-refractivity contribution is -0.122. The summed E-state index contributed by atoms with van der Waals surface area (Å²) in [5, 5.41) is 12.6. The van der Waals surface area contributed by atoms with Crippen LogP contribution in [0.2, 0.25) is 0 Å². The van der Waals surface area contributed by atoms with Crippen molar-refractivity contribution in [1.82, 2.24) is 10.2 Å². The van der Waals surface area contributed by atoms with E-state index in [1.165, 1.54) is 11.3 Å². The number of hydrogen-bond acceptors (Lipinski definition) is 5. The Bertz CT molecular complexity index is 469. The second-order valence-corrected chi connectivity index (χ2v) is 7.45. The Morgan fingerprint density at radius 1 is 1.50 bits per heavy atom. The number of carbonyl (C=O) groups excluding carboxylic acids is 1. The van der Waals surface area contributed by atoms with Gasteiger partial charge in [0.15, 0.2) is 0 Å². The first kappa shape index (κ1) is 15.4. The first-order valence-corrected chi connectivity index (χ1v) is 8.12. The summed E-state index contributed by atoms with van der Waals surface area (Å²) in [5.74, 6) is 0.396. The molecule has 1 aliphatic rings. The van der Waals surface area contributed by atoms with Crippen LogP contribution in [0.3, 0.4) is 0 Å². The zero-order valence-corrected chi connectivity index (χ0v) is 13.3. The second kappa shape index (κ2) is 6.18. The summed E-state index contributed by atoms with van der Waals surface area (Å²) in [5.41, 5.74) is 5.85. The molecule has 2 unspecified atom stereocenters. The molecule has 0 radical (unpaired) electrons. The molecule has 1 saturated carbocycles. The van der Waals surface area contributed by atoms with Gasteiger partial charge >= 0.3 is 0 Å². The lowest BCUT2D eigenvalue weighted by Crippen LogP contribution is -2.51. The maximum absolute atomic E-state index is 12.4. The quantitative estimate of drug-likeness (QED) is 0.895. The van der Waals surface area contributed by atoms with Crippen LogP contribution < -0.4 is 11.1 Å². The molecular weight excluding hydrogens is 272 g/mol. The zero-order chi connectivity index (χ0) is 14.8. The molecule has 2 rings (SSSR count). The predicted octanol–water partition coefficient (Wildman–Crippen LogP) is 2.58. The van der Waals surface area contributed by atoms with E-state index in [-0.39, 0.29) is 11.8 Å². The molecule has 3 N–H and O–H groups in total. The molecule has 0 aliphatic heterocycles. The number of amides is 1. The lowest BCUT2D eigenvalue weighted by Gasteiger charge is -2.36. The van der Waals surface area contributed by atoms with Crippen LogP contribution >= 0.6 is 11.3 Å². The van der Waals surface area contributed by atoms with Gasteiger partial charge in [0.1, 0.15) is 5.01 Å². The van der Waals surface area contributed by atoms with E-state index in [1.807, 2.05) is 6.92 Å². The van der Waals surface area contributed by atoms with Gasteiger partial charge in [0, 0.05) is 12.0 Å². The Kier molecular flexibility index (Phi) is 4.75. The number of aromatic nitrogens is 2. The Labute approximate surface area is 124 Å². The number of hydrogen-bond donors (Lipinski definition) is 2. The first-order valence-electron chi connectivity index (χ1n) is 7.30. The third-order valence-corrected chi connectivity index (χ3v) is 4.71. The van der Waals surface area contributed by atoms with Crippen LogP contribution in [-0.4, -0.2) is 21.6 Å². The van der Waals surface area contributed by atoms with Gasteiger partial charge in [-0.25, -0.2) is 0 Å². The summed E-state index contributed by atoms with van der Waals surface area (Å²) in [6.07, 6.45) is 4.83. The summed E-state index contributed by atoms with van der Waals surface area (Å²) in [6.45, 7) is 6.25. The molecule has 1 fully saturated rings. The second-order valence-electron chi connectivity index (χ2n) is 6.39. The van der Waals surface area contributed by atoms with Gasteiger partial charge < -0.3 is 11.1 Å². The largest absolute Gasteiger partial charge is 0.325 e. The number of nitrogens with two attached hydrogens (primary N) is 1. The summed E-state index contributed by atoms with van der Waals surface area (Å²) in [7, 11) is 0. The molecule has 20 heavy (non-hydrogen) atoms. The monoisotopic (exact) mass is 296 g/mol. The van der Waals surface area contributed by atoms with E-state index in [1.54, 1.807) is 0 Å². The highest BCUT2D eigenvalue weighted by molar-refractivity contribution is 7.15. The van der Waals surface area contributed by atoms with Crippen molar-refractivity contribution in [2.75, 3.05) is 5.32 Å². The van der Waals surface area contributed by atoms with Gasteiger partial charge in [0.05, 0.1) is 5.92 Å². The molecule has 0 aromatic carbocycles. The number of rotatable bonds is 4.